The summed E-state index contributed by atoms with van der Waals surface area (Å²) in [7, 11) is 0. The number of benzene rings is 2. The molecule has 4 amide bonds. The molecule has 34 heavy (non-hydrogen) atoms. The summed E-state index contributed by atoms with van der Waals surface area (Å²) in [5, 5.41) is 4.82. The first-order valence-electron chi connectivity index (χ1n) is 11.7. The Morgan fingerprint density at radius 3 is 2.50 bits per heavy atom. The molecule has 9 heteroatoms. The molecule has 0 aromatic heterocycles. The second-order valence-electron chi connectivity index (χ2n) is 9.09. The van der Waals surface area contributed by atoms with E-state index in [-0.39, 0.29) is 36.3 Å². The number of halogens is 1. The van der Waals surface area contributed by atoms with Crippen LogP contribution in [0, 0.1) is 5.92 Å². The van der Waals surface area contributed by atoms with Crippen LogP contribution in [0.4, 0.5) is 4.79 Å². The van der Waals surface area contributed by atoms with E-state index in [9.17, 15) is 14.4 Å². The Balaban J connectivity index is 1.30. The second kappa shape index (κ2) is 9.64. The predicted molar refractivity (Wildman–Crippen MR) is 127 cm³/mol. The van der Waals surface area contributed by atoms with Crippen molar-refractivity contribution in [2.45, 2.75) is 51.1 Å². The van der Waals surface area contributed by atoms with Crippen LogP contribution in [-0.2, 0) is 22.7 Å². The second-order valence-corrected chi connectivity index (χ2v) is 9.53. The molecule has 0 spiro atoms. The van der Waals surface area contributed by atoms with Gasteiger partial charge in [0.1, 0.15) is 6.54 Å². The molecule has 2 aliphatic heterocycles. The zero-order chi connectivity index (χ0) is 23.7. The van der Waals surface area contributed by atoms with Crippen LogP contribution >= 0.6 is 11.6 Å². The van der Waals surface area contributed by atoms with Gasteiger partial charge in [-0.1, -0.05) is 66.9 Å². The van der Waals surface area contributed by atoms with Crippen LogP contribution in [0.2, 0.25) is 5.02 Å². The van der Waals surface area contributed by atoms with Crippen LogP contribution in [0.15, 0.2) is 54.6 Å². The van der Waals surface area contributed by atoms with Gasteiger partial charge >= 0.3 is 6.03 Å². The molecular formula is C25H28ClN5O3. The number of hydrogen-bond donors (Lipinski definition) is 2. The molecule has 3 atom stereocenters. The van der Waals surface area contributed by atoms with Gasteiger partial charge in [-0.05, 0) is 36.1 Å². The summed E-state index contributed by atoms with van der Waals surface area (Å²) < 4.78 is 0. The van der Waals surface area contributed by atoms with Crippen LogP contribution in [0.1, 0.15) is 36.8 Å². The average Bonchev–Trinajstić information content (AvgIpc) is 3.17. The molecule has 1 aliphatic carbocycles. The fraction of sp³-hybridized carbons (Fsp3) is 0.400. The van der Waals surface area contributed by atoms with Gasteiger partial charge in [-0.15, -0.1) is 0 Å². The zero-order valence-corrected chi connectivity index (χ0v) is 19.6. The van der Waals surface area contributed by atoms with Crippen LogP contribution < -0.4 is 10.7 Å². The summed E-state index contributed by atoms with van der Waals surface area (Å²) in [5.41, 5.74) is 5.07. The number of rotatable bonds is 6. The van der Waals surface area contributed by atoms with Gasteiger partial charge in [0.2, 0.25) is 11.8 Å². The summed E-state index contributed by atoms with van der Waals surface area (Å²) in [6.45, 7) is 0.611. The molecule has 2 aromatic rings. The third-order valence-electron chi connectivity index (χ3n) is 6.87. The fourth-order valence-electron chi connectivity index (χ4n) is 5.17. The third-order valence-corrected chi connectivity index (χ3v) is 7.12. The number of nitrogens with zero attached hydrogens (tertiary/aromatic N) is 3. The van der Waals surface area contributed by atoms with E-state index >= 15 is 0 Å². The molecule has 5 rings (SSSR count). The van der Waals surface area contributed by atoms with E-state index in [1.807, 2.05) is 42.5 Å². The average molecular weight is 482 g/mol. The maximum absolute atomic E-state index is 13.5. The minimum Gasteiger partial charge on any atom is -0.350 e. The highest BCUT2D eigenvalue weighted by Crippen LogP contribution is 2.38. The Labute approximate surface area is 203 Å². The Hall–Kier alpha value is -3.10. The van der Waals surface area contributed by atoms with Crippen molar-refractivity contribution in [3.05, 3.63) is 70.7 Å². The van der Waals surface area contributed by atoms with E-state index < -0.39 is 6.29 Å². The molecule has 2 heterocycles. The summed E-state index contributed by atoms with van der Waals surface area (Å²) in [5.74, 6) is -0.404. The first-order chi connectivity index (χ1) is 16.5. The first-order valence-corrected chi connectivity index (χ1v) is 12.1. The van der Waals surface area contributed by atoms with Gasteiger partial charge in [0.15, 0.2) is 6.29 Å². The van der Waals surface area contributed by atoms with Gasteiger partial charge in [0.05, 0.1) is 5.92 Å². The van der Waals surface area contributed by atoms with Crippen LogP contribution in [-0.4, -0.2) is 51.5 Å². The fourth-order valence-corrected chi connectivity index (χ4v) is 5.30. The molecule has 2 N–H and O–H groups in total. The lowest BCUT2D eigenvalue weighted by Gasteiger charge is -2.48. The normalized spacial score (nSPS) is 24.1. The van der Waals surface area contributed by atoms with E-state index in [2.05, 4.69) is 10.7 Å². The highest BCUT2D eigenvalue weighted by atomic mass is 35.5. The van der Waals surface area contributed by atoms with Crippen LogP contribution in [0.5, 0.6) is 0 Å². The van der Waals surface area contributed by atoms with Gasteiger partial charge < -0.3 is 10.2 Å². The monoisotopic (exact) mass is 481 g/mol. The van der Waals surface area contributed by atoms with Gasteiger partial charge in [0, 0.05) is 24.2 Å². The van der Waals surface area contributed by atoms with Crippen LogP contribution in [0.25, 0.3) is 0 Å². The standard InChI is InChI=1S/C25H28ClN5O3/c26-19-12-10-17(11-13-19)14-27-22(32)16-30-25(34)31-21-9-5-4-8-20(21)23(33)29(24(31)28-30)15-18-6-2-1-3-7-18/h1-3,6-7,10-13,20-21,24,28H,4-5,8-9,14-16H2,(H,27,32). The van der Waals surface area contributed by atoms with Gasteiger partial charge in [-0.3, -0.25) is 14.5 Å². The van der Waals surface area contributed by atoms with E-state index in [1.165, 1.54) is 5.01 Å². The van der Waals surface area contributed by atoms with E-state index in [4.69, 9.17) is 11.6 Å². The molecule has 3 unspecified atom stereocenters. The topological polar surface area (TPSA) is 85.0 Å². The van der Waals surface area contributed by atoms with Crippen LogP contribution in [0.3, 0.4) is 0 Å². The lowest BCUT2D eigenvalue weighted by molar-refractivity contribution is -0.157. The quantitative estimate of drug-likeness (QED) is 0.664. The largest absolute Gasteiger partial charge is 0.350 e. The van der Waals surface area contributed by atoms with Crippen molar-refractivity contribution in [3.8, 4) is 0 Å². The number of hydrogen-bond acceptors (Lipinski definition) is 4. The molecule has 3 fully saturated rings. The van der Waals surface area contributed by atoms with Gasteiger partial charge in [-0.2, -0.15) is 5.43 Å². The number of urea groups is 1. The number of nitrogens with one attached hydrogen (secondary N) is 2. The number of amides is 4. The molecule has 2 saturated heterocycles. The lowest BCUT2D eigenvalue weighted by atomic mass is 9.81. The van der Waals surface area contributed by atoms with Gasteiger partial charge in [0.25, 0.3) is 0 Å². The first kappa shape index (κ1) is 22.7. The Bertz CT molecular complexity index is 1060. The molecule has 3 aliphatic rings. The van der Waals surface area contributed by atoms with Crippen molar-refractivity contribution >= 4 is 29.4 Å². The van der Waals surface area contributed by atoms with Crippen molar-refractivity contribution in [2.75, 3.05) is 6.54 Å². The molecule has 8 nitrogen and oxygen atoms in total. The highest BCUT2D eigenvalue weighted by molar-refractivity contribution is 6.30. The van der Waals surface area contributed by atoms with Crippen molar-refractivity contribution in [3.63, 3.8) is 0 Å². The third kappa shape index (κ3) is 4.48. The van der Waals surface area contributed by atoms with Crippen molar-refractivity contribution in [1.82, 2.24) is 25.6 Å². The van der Waals surface area contributed by atoms with Crippen molar-refractivity contribution in [1.29, 1.82) is 0 Å². The van der Waals surface area contributed by atoms with Crippen molar-refractivity contribution < 1.29 is 14.4 Å². The smallest absolute Gasteiger partial charge is 0.337 e. The molecule has 0 radical (unpaired) electrons. The maximum Gasteiger partial charge on any atom is 0.337 e. The van der Waals surface area contributed by atoms with Gasteiger partial charge in [-0.25, -0.2) is 9.80 Å². The summed E-state index contributed by atoms with van der Waals surface area (Å²) in [6.07, 6.45) is 2.97. The minimum absolute atomic E-state index is 0.0733. The minimum atomic E-state index is -0.594. The molecular weight excluding hydrogens is 454 g/mol. The molecule has 1 saturated carbocycles. The van der Waals surface area contributed by atoms with Crippen molar-refractivity contribution in [2.24, 2.45) is 5.92 Å². The molecule has 2 aromatic carbocycles. The highest BCUT2D eigenvalue weighted by Gasteiger charge is 2.54. The number of carbonyl (C=O) groups excluding carboxylic acids is 3. The Kier molecular flexibility index (Phi) is 6.43. The summed E-state index contributed by atoms with van der Waals surface area (Å²) in [6, 6.07) is 16.6. The lowest BCUT2D eigenvalue weighted by Crippen LogP contribution is -2.65. The van der Waals surface area contributed by atoms with E-state index in [0.29, 0.717) is 18.1 Å². The predicted octanol–water partition coefficient (Wildman–Crippen LogP) is 3.08. The van der Waals surface area contributed by atoms with E-state index in [1.54, 1.807) is 21.9 Å². The number of fused-ring (bicyclic) bond motifs is 3. The number of hydrazine groups is 1. The van der Waals surface area contributed by atoms with E-state index in [0.717, 1.165) is 36.8 Å². The maximum atomic E-state index is 13.5. The SMILES string of the molecule is O=C(CN1NC2N(Cc3ccccc3)C(=O)C3CCCCC3N2C1=O)NCc1ccc(Cl)cc1. The molecule has 0 bridgehead atoms. The Morgan fingerprint density at radius 2 is 1.74 bits per heavy atom. The Morgan fingerprint density at radius 1 is 1.00 bits per heavy atom. The number of carbonyl (C=O) groups is 3. The summed E-state index contributed by atoms with van der Waals surface area (Å²) >= 11 is 5.91. The zero-order valence-electron chi connectivity index (χ0n) is 18.8. The summed E-state index contributed by atoms with van der Waals surface area (Å²) in [4.78, 5) is 43.0. The molecule has 178 valence electrons.